The van der Waals surface area contributed by atoms with Crippen LogP contribution in [0, 0.1) is 17.2 Å². The number of carbonyl (C=O) groups excluding carboxylic acids is 2. The largest absolute Gasteiger partial charge is 0.467 e. The van der Waals surface area contributed by atoms with Gasteiger partial charge in [0.2, 0.25) is 5.91 Å². The number of nitrogens with one attached hydrogen (secondary N) is 1. The molecule has 0 bridgehead atoms. The third kappa shape index (κ3) is 3.71. The highest BCUT2D eigenvalue weighted by atomic mass is 35.5. The van der Waals surface area contributed by atoms with Crippen molar-refractivity contribution in [3.8, 4) is 6.07 Å². The highest BCUT2D eigenvalue weighted by Gasteiger charge is 2.27. The maximum absolute atomic E-state index is 12.1. The van der Waals surface area contributed by atoms with Gasteiger partial charge in [-0.15, -0.1) is 0 Å². The third-order valence-corrected chi connectivity index (χ3v) is 3.05. The lowest BCUT2D eigenvalue weighted by Crippen LogP contribution is -2.34. The van der Waals surface area contributed by atoms with Gasteiger partial charge >= 0.3 is 0 Å². The summed E-state index contributed by atoms with van der Waals surface area (Å²) in [6.45, 7) is 0.123. The Morgan fingerprint density at radius 2 is 2.00 bits per heavy atom. The van der Waals surface area contributed by atoms with Crippen LogP contribution in [0.1, 0.15) is 16.1 Å². The minimum Gasteiger partial charge on any atom is -0.467 e. The van der Waals surface area contributed by atoms with Crippen molar-refractivity contribution in [3.63, 3.8) is 0 Å². The molecular formula is C15H11ClN2O3. The summed E-state index contributed by atoms with van der Waals surface area (Å²) < 4.78 is 5.06. The molecule has 2 rings (SSSR count). The fraction of sp³-hybridized carbons (Fsp3) is 0.133. The number of nitrogens with zero attached hydrogens (tertiary/aromatic N) is 1. The van der Waals surface area contributed by atoms with Gasteiger partial charge < -0.3 is 9.73 Å². The molecule has 1 unspecified atom stereocenters. The van der Waals surface area contributed by atoms with Gasteiger partial charge in [-0.25, -0.2) is 0 Å². The van der Waals surface area contributed by atoms with Crippen molar-refractivity contribution >= 4 is 23.3 Å². The van der Waals surface area contributed by atoms with Gasteiger partial charge in [0, 0.05) is 10.6 Å². The van der Waals surface area contributed by atoms with Gasteiger partial charge in [0.05, 0.1) is 18.9 Å². The number of benzene rings is 1. The van der Waals surface area contributed by atoms with E-state index in [9.17, 15) is 9.59 Å². The summed E-state index contributed by atoms with van der Waals surface area (Å²) in [6, 6.07) is 11.1. The van der Waals surface area contributed by atoms with E-state index in [1.54, 1.807) is 18.2 Å². The average Bonchev–Trinajstić information content (AvgIpc) is 3.00. The number of nitriles is 1. The van der Waals surface area contributed by atoms with Crippen LogP contribution in [0.3, 0.4) is 0 Å². The van der Waals surface area contributed by atoms with Crippen molar-refractivity contribution in [2.45, 2.75) is 6.54 Å². The number of furan rings is 1. The van der Waals surface area contributed by atoms with E-state index < -0.39 is 17.6 Å². The molecule has 6 heteroatoms. The maximum atomic E-state index is 12.1. The number of hydrogen-bond donors (Lipinski definition) is 1. The number of ketones is 1. The molecule has 2 aromatic rings. The van der Waals surface area contributed by atoms with Gasteiger partial charge in [0.1, 0.15) is 5.76 Å². The SMILES string of the molecule is N#CC(C(=O)NCc1ccco1)C(=O)c1ccc(Cl)cc1. The Morgan fingerprint density at radius 1 is 1.29 bits per heavy atom. The van der Waals surface area contributed by atoms with Crippen molar-refractivity contribution in [2.75, 3.05) is 0 Å². The van der Waals surface area contributed by atoms with Crippen LogP contribution < -0.4 is 5.32 Å². The zero-order chi connectivity index (χ0) is 15.2. The van der Waals surface area contributed by atoms with E-state index in [2.05, 4.69) is 5.32 Å². The number of Topliss-reactive ketones (excluding diaryl/α,β-unsaturated/α-hetero) is 1. The quantitative estimate of drug-likeness (QED) is 0.679. The molecule has 106 valence electrons. The van der Waals surface area contributed by atoms with Gasteiger partial charge in [0.25, 0.3) is 0 Å². The van der Waals surface area contributed by atoms with E-state index in [0.29, 0.717) is 10.8 Å². The van der Waals surface area contributed by atoms with Gasteiger partial charge in [-0.2, -0.15) is 5.26 Å². The Labute approximate surface area is 126 Å². The normalized spacial score (nSPS) is 11.4. The molecule has 1 N–H and O–H groups in total. The number of rotatable bonds is 5. The first-order chi connectivity index (χ1) is 10.1. The lowest BCUT2D eigenvalue weighted by molar-refractivity contribution is -0.122. The van der Waals surface area contributed by atoms with Gasteiger partial charge in [-0.05, 0) is 36.4 Å². The van der Waals surface area contributed by atoms with Crippen molar-refractivity contribution in [3.05, 3.63) is 59.0 Å². The fourth-order valence-corrected chi connectivity index (χ4v) is 1.83. The first-order valence-corrected chi connectivity index (χ1v) is 6.49. The number of amides is 1. The predicted octanol–water partition coefficient (Wildman–Crippen LogP) is 2.57. The number of carbonyl (C=O) groups is 2. The highest BCUT2D eigenvalue weighted by molar-refractivity contribution is 6.30. The van der Waals surface area contributed by atoms with Gasteiger partial charge in [0.15, 0.2) is 11.7 Å². The van der Waals surface area contributed by atoms with E-state index >= 15 is 0 Å². The molecule has 1 aromatic carbocycles. The second kappa shape index (κ2) is 6.73. The molecule has 1 amide bonds. The standard InChI is InChI=1S/C15H11ClN2O3/c16-11-5-3-10(4-6-11)14(19)13(8-17)15(20)18-9-12-2-1-7-21-12/h1-7,13H,9H2,(H,18,20). The second-order valence-electron chi connectivity index (χ2n) is 4.23. The predicted molar refractivity (Wildman–Crippen MR) is 75.4 cm³/mol. The number of halogens is 1. The summed E-state index contributed by atoms with van der Waals surface area (Å²) in [6.07, 6.45) is 1.47. The van der Waals surface area contributed by atoms with Crippen LogP contribution in [-0.4, -0.2) is 11.7 Å². The molecule has 5 nitrogen and oxygen atoms in total. The summed E-state index contributed by atoms with van der Waals surface area (Å²) in [7, 11) is 0. The zero-order valence-electron chi connectivity index (χ0n) is 10.9. The average molecular weight is 303 g/mol. The molecule has 0 saturated carbocycles. The molecule has 0 spiro atoms. The van der Waals surface area contributed by atoms with Crippen LogP contribution in [0.2, 0.25) is 5.02 Å². The molecular weight excluding hydrogens is 292 g/mol. The zero-order valence-corrected chi connectivity index (χ0v) is 11.6. The maximum Gasteiger partial charge on any atom is 0.245 e. The first kappa shape index (κ1) is 14.8. The smallest absolute Gasteiger partial charge is 0.245 e. The molecule has 0 aliphatic rings. The van der Waals surface area contributed by atoms with Crippen LogP contribution in [0.25, 0.3) is 0 Å². The summed E-state index contributed by atoms with van der Waals surface area (Å²) in [5.41, 5.74) is 0.263. The molecule has 1 aromatic heterocycles. The summed E-state index contributed by atoms with van der Waals surface area (Å²) in [5.74, 6) is -2.08. The van der Waals surface area contributed by atoms with E-state index in [-0.39, 0.29) is 12.1 Å². The molecule has 0 radical (unpaired) electrons. The molecule has 21 heavy (non-hydrogen) atoms. The van der Waals surface area contributed by atoms with E-state index in [1.807, 2.05) is 0 Å². The summed E-state index contributed by atoms with van der Waals surface area (Å²) in [4.78, 5) is 24.1. The Bertz CT molecular complexity index is 672. The second-order valence-corrected chi connectivity index (χ2v) is 4.67. The van der Waals surface area contributed by atoms with Crippen LogP contribution in [0.4, 0.5) is 0 Å². The van der Waals surface area contributed by atoms with Crippen LogP contribution in [-0.2, 0) is 11.3 Å². The molecule has 1 heterocycles. The molecule has 0 aliphatic carbocycles. The van der Waals surface area contributed by atoms with Crippen molar-refractivity contribution < 1.29 is 14.0 Å². The first-order valence-electron chi connectivity index (χ1n) is 6.11. The molecule has 0 fully saturated rings. The molecule has 0 aliphatic heterocycles. The van der Waals surface area contributed by atoms with Crippen molar-refractivity contribution in [2.24, 2.45) is 5.92 Å². The summed E-state index contributed by atoms with van der Waals surface area (Å²) in [5, 5.41) is 12.0. The lowest BCUT2D eigenvalue weighted by Gasteiger charge is -2.08. The van der Waals surface area contributed by atoms with E-state index in [4.69, 9.17) is 21.3 Å². The number of hydrogen-bond acceptors (Lipinski definition) is 4. The monoisotopic (exact) mass is 302 g/mol. The van der Waals surface area contributed by atoms with Gasteiger partial charge in [-0.3, -0.25) is 9.59 Å². The van der Waals surface area contributed by atoms with Crippen molar-refractivity contribution in [1.29, 1.82) is 5.26 Å². The fourth-order valence-electron chi connectivity index (χ4n) is 1.71. The Hall–Kier alpha value is -2.58. The lowest BCUT2D eigenvalue weighted by atomic mass is 9.98. The van der Waals surface area contributed by atoms with Crippen LogP contribution in [0.5, 0.6) is 0 Å². The Balaban J connectivity index is 2.04. The van der Waals surface area contributed by atoms with E-state index in [1.165, 1.54) is 30.5 Å². The summed E-state index contributed by atoms with van der Waals surface area (Å²) >= 11 is 5.73. The topological polar surface area (TPSA) is 83.1 Å². The third-order valence-electron chi connectivity index (χ3n) is 2.80. The highest BCUT2D eigenvalue weighted by Crippen LogP contribution is 2.14. The van der Waals surface area contributed by atoms with Crippen LogP contribution >= 0.6 is 11.6 Å². The van der Waals surface area contributed by atoms with Crippen LogP contribution in [0.15, 0.2) is 47.1 Å². The van der Waals surface area contributed by atoms with Crippen molar-refractivity contribution in [1.82, 2.24) is 5.32 Å². The minimum atomic E-state index is -1.40. The Morgan fingerprint density at radius 3 is 2.57 bits per heavy atom. The van der Waals surface area contributed by atoms with Gasteiger partial charge in [-0.1, -0.05) is 11.6 Å². The minimum absolute atomic E-state index is 0.123. The molecule has 0 saturated heterocycles. The van der Waals surface area contributed by atoms with E-state index in [0.717, 1.165) is 0 Å². The Kier molecular flexibility index (Phi) is 4.75. The molecule has 1 atom stereocenters.